The van der Waals surface area contributed by atoms with E-state index in [1.165, 1.54) is 5.57 Å². The number of unbranched alkanes of at least 4 members (excludes halogenated alkanes) is 2. The van der Waals surface area contributed by atoms with Gasteiger partial charge in [0.2, 0.25) is 0 Å². The van der Waals surface area contributed by atoms with Crippen molar-refractivity contribution in [2.45, 2.75) is 84.7 Å². The van der Waals surface area contributed by atoms with Crippen molar-refractivity contribution in [2.75, 3.05) is 0 Å². The quantitative estimate of drug-likeness (QED) is 0.544. The fourth-order valence-corrected chi connectivity index (χ4v) is 5.83. The van der Waals surface area contributed by atoms with Gasteiger partial charge in [-0.15, -0.1) is 0 Å². The normalized spacial score (nSPS) is 35.3. The molecule has 4 aliphatic rings. The van der Waals surface area contributed by atoms with Crippen molar-refractivity contribution in [2.24, 2.45) is 23.7 Å². The predicted molar refractivity (Wildman–Crippen MR) is 112 cm³/mol. The summed E-state index contributed by atoms with van der Waals surface area (Å²) < 4.78 is 11.3. The van der Waals surface area contributed by atoms with Crippen molar-refractivity contribution < 1.29 is 19.1 Å². The molecule has 3 unspecified atom stereocenters. The van der Waals surface area contributed by atoms with E-state index >= 15 is 0 Å². The second-order valence-electron chi connectivity index (χ2n) is 9.17. The minimum Gasteiger partial charge on any atom is -0.454 e. The highest BCUT2D eigenvalue weighted by molar-refractivity contribution is 5.94. The Labute approximate surface area is 174 Å². The SMILES string of the molecule is CCC/C=C1\OC(=O)C2=CC([C@@H]3CCC4=C(C(=O)OC4CCCC)[C@@H]3C)CCC21. The summed E-state index contributed by atoms with van der Waals surface area (Å²) >= 11 is 0. The standard InChI is InChI=1S/C25H34O4/c1-4-6-8-21-18-11-10-16(14-20(18)24(26)28-21)17-12-13-19-22(9-7-5-2)29-25(27)23(19)15(17)3/h8,14-18,22H,4-7,9-13H2,1-3H3/b21-8-/t15-,16?,17-,18?,22?/m1/s1. The Morgan fingerprint density at radius 2 is 1.93 bits per heavy atom. The second kappa shape index (κ2) is 8.49. The minimum atomic E-state index is -0.162. The van der Waals surface area contributed by atoms with Crippen LogP contribution in [0, 0.1) is 23.7 Å². The maximum Gasteiger partial charge on any atom is 0.339 e. The van der Waals surface area contributed by atoms with Crippen LogP contribution in [0.4, 0.5) is 0 Å². The lowest BCUT2D eigenvalue weighted by atomic mass is 9.66. The second-order valence-corrected chi connectivity index (χ2v) is 9.17. The smallest absolute Gasteiger partial charge is 0.339 e. The molecule has 2 aliphatic carbocycles. The number of hydrogen-bond donors (Lipinski definition) is 0. The zero-order valence-corrected chi connectivity index (χ0v) is 18.0. The Balaban J connectivity index is 1.52. The number of rotatable bonds is 6. The van der Waals surface area contributed by atoms with Gasteiger partial charge in [-0.3, -0.25) is 0 Å². The molecule has 4 rings (SSSR count). The predicted octanol–water partition coefficient (Wildman–Crippen LogP) is 5.64. The third kappa shape index (κ3) is 3.71. The molecule has 1 saturated heterocycles. The topological polar surface area (TPSA) is 52.6 Å². The lowest BCUT2D eigenvalue weighted by molar-refractivity contribution is -0.140. The van der Waals surface area contributed by atoms with Gasteiger partial charge >= 0.3 is 11.9 Å². The maximum atomic E-state index is 12.6. The minimum absolute atomic E-state index is 0.00557. The van der Waals surface area contributed by atoms with Gasteiger partial charge in [-0.25, -0.2) is 9.59 Å². The van der Waals surface area contributed by atoms with Crippen LogP contribution in [0.25, 0.3) is 0 Å². The van der Waals surface area contributed by atoms with E-state index in [-0.39, 0.29) is 29.9 Å². The first-order chi connectivity index (χ1) is 14.0. The van der Waals surface area contributed by atoms with E-state index in [0.717, 1.165) is 74.7 Å². The number of carbonyl (C=O) groups excluding carboxylic acids is 2. The summed E-state index contributed by atoms with van der Waals surface area (Å²) in [6.45, 7) is 6.49. The molecule has 158 valence electrons. The Kier molecular flexibility index (Phi) is 5.98. The summed E-state index contributed by atoms with van der Waals surface area (Å²) in [6, 6.07) is 0. The van der Waals surface area contributed by atoms with Crippen LogP contribution in [0.5, 0.6) is 0 Å². The number of ether oxygens (including phenoxy) is 2. The van der Waals surface area contributed by atoms with Gasteiger partial charge in [0.25, 0.3) is 0 Å². The molecule has 4 nitrogen and oxygen atoms in total. The monoisotopic (exact) mass is 398 g/mol. The fourth-order valence-electron chi connectivity index (χ4n) is 5.83. The molecular formula is C25H34O4. The highest BCUT2D eigenvalue weighted by atomic mass is 16.6. The first-order valence-corrected chi connectivity index (χ1v) is 11.6. The molecular weight excluding hydrogens is 364 g/mol. The van der Waals surface area contributed by atoms with Crippen LogP contribution in [0.15, 0.2) is 34.6 Å². The average Bonchev–Trinajstić information content (AvgIpc) is 3.21. The summed E-state index contributed by atoms with van der Waals surface area (Å²) in [5.74, 6) is 1.69. The zero-order valence-electron chi connectivity index (χ0n) is 18.0. The van der Waals surface area contributed by atoms with Crippen LogP contribution < -0.4 is 0 Å². The van der Waals surface area contributed by atoms with E-state index < -0.39 is 0 Å². The molecule has 0 aromatic carbocycles. The molecule has 0 N–H and O–H groups in total. The number of esters is 2. The molecule has 5 atom stereocenters. The number of allylic oxidation sites excluding steroid dienone is 3. The van der Waals surface area contributed by atoms with E-state index in [0.29, 0.717) is 11.8 Å². The van der Waals surface area contributed by atoms with Crippen LogP contribution >= 0.6 is 0 Å². The van der Waals surface area contributed by atoms with Gasteiger partial charge < -0.3 is 9.47 Å². The fraction of sp³-hybridized carbons (Fsp3) is 0.680. The third-order valence-corrected chi connectivity index (χ3v) is 7.40. The first-order valence-electron chi connectivity index (χ1n) is 11.6. The zero-order chi connectivity index (χ0) is 20.5. The van der Waals surface area contributed by atoms with Gasteiger partial charge in [-0.2, -0.15) is 0 Å². The molecule has 0 spiro atoms. The molecule has 2 aliphatic heterocycles. The summed E-state index contributed by atoms with van der Waals surface area (Å²) in [5.41, 5.74) is 3.06. The summed E-state index contributed by atoms with van der Waals surface area (Å²) in [6.07, 6.45) is 13.5. The summed E-state index contributed by atoms with van der Waals surface area (Å²) in [4.78, 5) is 25.1. The van der Waals surface area contributed by atoms with E-state index in [2.05, 4.69) is 32.9 Å². The Morgan fingerprint density at radius 3 is 2.69 bits per heavy atom. The van der Waals surface area contributed by atoms with Crippen molar-refractivity contribution in [3.8, 4) is 0 Å². The largest absolute Gasteiger partial charge is 0.454 e. The van der Waals surface area contributed by atoms with Crippen molar-refractivity contribution in [1.29, 1.82) is 0 Å². The molecule has 0 aromatic heterocycles. The van der Waals surface area contributed by atoms with Crippen LogP contribution in [0.2, 0.25) is 0 Å². The van der Waals surface area contributed by atoms with Crippen molar-refractivity contribution >= 4 is 11.9 Å². The highest BCUT2D eigenvalue weighted by Crippen LogP contribution is 2.49. The van der Waals surface area contributed by atoms with Crippen LogP contribution in [-0.4, -0.2) is 18.0 Å². The third-order valence-electron chi connectivity index (χ3n) is 7.40. The van der Waals surface area contributed by atoms with E-state index in [1.807, 2.05) is 0 Å². The van der Waals surface area contributed by atoms with Gasteiger partial charge in [0, 0.05) is 17.1 Å². The lowest BCUT2D eigenvalue weighted by Crippen LogP contribution is -2.30. The van der Waals surface area contributed by atoms with Gasteiger partial charge in [0.05, 0.1) is 0 Å². The average molecular weight is 399 g/mol. The lowest BCUT2D eigenvalue weighted by Gasteiger charge is -2.36. The van der Waals surface area contributed by atoms with E-state index in [1.54, 1.807) is 0 Å². The van der Waals surface area contributed by atoms with Gasteiger partial charge in [0.15, 0.2) is 0 Å². The number of fused-ring (bicyclic) bond motifs is 1. The van der Waals surface area contributed by atoms with Crippen molar-refractivity contribution in [3.05, 3.63) is 34.6 Å². The number of carbonyl (C=O) groups is 2. The number of hydrogen-bond acceptors (Lipinski definition) is 4. The number of cyclic esters (lactones) is 2. The van der Waals surface area contributed by atoms with Crippen molar-refractivity contribution in [3.63, 3.8) is 0 Å². The molecule has 0 amide bonds. The molecule has 0 radical (unpaired) electrons. The van der Waals surface area contributed by atoms with E-state index in [9.17, 15) is 9.59 Å². The Bertz CT molecular complexity index is 772. The van der Waals surface area contributed by atoms with Crippen LogP contribution in [0.3, 0.4) is 0 Å². The summed E-state index contributed by atoms with van der Waals surface area (Å²) in [5, 5.41) is 0. The Morgan fingerprint density at radius 1 is 1.10 bits per heavy atom. The Hall–Kier alpha value is -1.84. The summed E-state index contributed by atoms with van der Waals surface area (Å²) in [7, 11) is 0. The molecule has 29 heavy (non-hydrogen) atoms. The molecule has 0 aromatic rings. The maximum absolute atomic E-state index is 12.6. The van der Waals surface area contributed by atoms with Crippen molar-refractivity contribution in [1.82, 2.24) is 0 Å². The van der Waals surface area contributed by atoms with Gasteiger partial charge in [0.1, 0.15) is 11.9 Å². The van der Waals surface area contributed by atoms with Crippen LogP contribution in [-0.2, 0) is 19.1 Å². The molecule has 4 heteroatoms. The van der Waals surface area contributed by atoms with Gasteiger partial charge in [-0.05, 0) is 74.3 Å². The van der Waals surface area contributed by atoms with Gasteiger partial charge in [-0.1, -0.05) is 39.7 Å². The van der Waals surface area contributed by atoms with E-state index in [4.69, 9.17) is 9.47 Å². The molecule has 2 heterocycles. The highest BCUT2D eigenvalue weighted by Gasteiger charge is 2.46. The molecule has 0 saturated carbocycles. The molecule has 1 fully saturated rings. The van der Waals surface area contributed by atoms with Crippen LogP contribution in [0.1, 0.15) is 78.6 Å². The first kappa shape index (κ1) is 20.4. The molecule has 0 bridgehead atoms.